The van der Waals surface area contributed by atoms with Crippen LogP contribution >= 0.6 is 0 Å². The predicted molar refractivity (Wildman–Crippen MR) is 81.9 cm³/mol. The molecule has 1 fully saturated rings. The van der Waals surface area contributed by atoms with Crippen LogP contribution in [-0.2, 0) is 0 Å². The van der Waals surface area contributed by atoms with Crippen LogP contribution in [0.4, 0.5) is 5.69 Å². The summed E-state index contributed by atoms with van der Waals surface area (Å²) in [6, 6.07) is 6.39. The highest BCUT2D eigenvalue weighted by Gasteiger charge is 2.19. The molecule has 1 atom stereocenters. The summed E-state index contributed by atoms with van der Waals surface area (Å²) < 4.78 is 5.97. The second-order valence-corrected chi connectivity index (χ2v) is 5.52. The van der Waals surface area contributed by atoms with E-state index in [1.807, 2.05) is 24.4 Å². The lowest BCUT2D eigenvalue weighted by atomic mass is 10.0. The van der Waals surface area contributed by atoms with Crippen LogP contribution in [-0.4, -0.2) is 36.1 Å². The Kier molecular flexibility index (Phi) is 3.74. The van der Waals surface area contributed by atoms with E-state index >= 15 is 0 Å². The molecule has 1 aromatic heterocycles. The van der Waals surface area contributed by atoms with Gasteiger partial charge in [0, 0.05) is 29.2 Å². The van der Waals surface area contributed by atoms with Crippen LogP contribution < -0.4 is 10.5 Å². The van der Waals surface area contributed by atoms with Crippen LogP contribution in [0.1, 0.15) is 19.3 Å². The van der Waals surface area contributed by atoms with Crippen molar-refractivity contribution < 1.29 is 4.74 Å². The molecule has 1 aromatic carbocycles. The van der Waals surface area contributed by atoms with Crippen LogP contribution in [0.2, 0.25) is 0 Å². The van der Waals surface area contributed by atoms with Crippen molar-refractivity contribution >= 4 is 16.5 Å². The number of rotatable bonds is 3. The van der Waals surface area contributed by atoms with E-state index in [0.717, 1.165) is 23.1 Å². The maximum atomic E-state index is 6.20. The van der Waals surface area contributed by atoms with Gasteiger partial charge in [0.05, 0.1) is 5.69 Å². The maximum absolute atomic E-state index is 6.20. The molecule has 0 amide bonds. The van der Waals surface area contributed by atoms with Gasteiger partial charge in [0.25, 0.3) is 0 Å². The number of hydrogen-bond acceptors (Lipinski definition) is 4. The maximum Gasteiger partial charge on any atom is 0.142 e. The molecule has 4 nitrogen and oxygen atoms in total. The van der Waals surface area contributed by atoms with Crippen LogP contribution in [0, 0.1) is 0 Å². The van der Waals surface area contributed by atoms with Gasteiger partial charge in [-0.05, 0) is 44.6 Å². The molecule has 20 heavy (non-hydrogen) atoms. The van der Waals surface area contributed by atoms with E-state index in [1.54, 1.807) is 6.20 Å². The van der Waals surface area contributed by atoms with Crippen LogP contribution in [0.15, 0.2) is 30.6 Å². The largest absolute Gasteiger partial charge is 0.490 e. The van der Waals surface area contributed by atoms with Gasteiger partial charge in [-0.1, -0.05) is 6.42 Å². The number of likely N-dealkylation sites (tertiary alicyclic amines) is 1. The van der Waals surface area contributed by atoms with Gasteiger partial charge in [0.2, 0.25) is 0 Å². The number of piperidine rings is 1. The summed E-state index contributed by atoms with van der Waals surface area (Å²) in [5.41, 5.74) is 6.91. The molecule has 1 unspecified atom stereocenters. The monoisotopic (exact) mass is 271 g/mol. The average molecular weight is 271 g/mol. The zero-order chi connectivity index (χ0) is 13.9. The molecular formula is C16H21N3O. The molecular weight excluding hydrogens is 250 g/mol. The first-order chi connectivity index (χ1) is 9.75. The summed E-state index contributed by atoms with van der Waals surface area (Å²) in [7, 11) is 2.17. The fraction of sp³-hybridized carbons (Fsp3) is 0.438. The molecule has 0 bridgehead atoms. The fourth-order valence-electron chi connectivity index (χ4n) is 2.84. The van der Waals surface area contributed by atoms with Crippen molar-refractivity contribution in [3.05, 3.63) is 30.6 Å². The van der Waals surface area contributed by atoms with Gasteiger partial charge in [-0.3, -0.25) is 4.98 Å². The Morgan fingerprint density at radius 1 is 1.35 bits per heavy atom. The molecule has 1 aliphatic heterocycles. The number of aromatic nitrogens is 1. The molecule has 1 saturated heterocycles. The highest BCUT2D eigenvalue weighted by Crippen LogP contribution is 2.30. The van der Waals surface area contributed by atoms with E-state index in [0.29, 0.717) is 18.3 Å². The van der Waals surface area contributed by atoms with Crippen molar-refractivity contribution in [1.29, 1.82) is 0 Å². The van der Waals surface area contributed by atoms with Crippen LogP contribution in [0.5, 0.6) is 5.75 Å². The number of nitrogens with zero attached hydrogens (tertiary/aromatic N) is 2. The van der Waals surface area contributed by atoms with Crippen molar-refractivity contribution in [2.24, 2.45) is 0 Å². The van der Waals surface area contributed by atoms with Crippen molar-refractivity contribution in [1.82, 2.24) is 9.88 Å². The lowest BCUT2D eigenvalue weighted by molar-refractivity contribution is 0.125. The third-order valence-electron chi connectivity index (χ3n) is 4.17. The Labute approximate surface area is 119 Å². The smallest absolute Gasteiger partial charge is 0.142 e. The highest BCUT2D eigenvalue weighted by molar-refractivity contribution is 5.95. The van der Waals surface area contributed by atoms with Gasteiger partial charge in [0.1, 0.15) is 12.4 Å². The second kappa shape index (κ2) is 5.67. The zero-order valence-electron chi connectivity index (χ0n) is 11.9. The number of pyridine rings is 1. The minimum absolute atomic E-state index is 0.497. The predicted octanol–water partition coefficient (Wildman–Crippen LogP) is 2.68. The van der Waals surface area contributed by atoms with Crippen molar-refractivity contribution in [3.8, 4) is 5.75 Å². The minimum Gasteiger partial charge on any atom is -0.490 e. The number of hydrogen-bond donors (Lipinski definition) is 1. The van der Waals surface area contributed by atoms with Gasteiger partial charge < -0.3 is 15.4 Å². The van der Waals surface area contributed by atoms with Crippen molar-refractivity contribution in [3.63, 3.8) is 0 Å². The third-order valence-corrected chi connectivity index (χ3v) is 4.17. The van der Waals surface area contributed by atoms with E-state index in [4.69, 9.17) is 10.5 Å². The zero-order valence-corrected chi connectivity index (χ0v) is 11.9. The average Bonchev–Trinajstić information content (AvgIpc) is 2.48. The van der Waals surface area contributed by atoms with E-state index in [1.165, 1.54) is 19.3 Å². The van der Waals surface area contributed by atoms with Gasteiger partial charge in [-0.25, -0.2) is 0 Å². The molecule has 2 heterocycles. The van der Waals surface area contributed by atoms with E-state index in [2.05, 4.69) is 16.9 Å². The SMILES string of the molecule is CN1CCCCC1COc1ccc2cnccc2c1N. The quantitative estimate of drug-likeness (QED) is 0.872. The molecule has 106 valence electrons. The van der Waals surface area contributed by atoms with E-state index in [9.17, 15) is 0 Å². The Bertz CT molecular complexity index is 599. The first-order valence-corrected chi connectivity index (χ1v) is 7.21. The van der Waals surface area contributed by atoms with Crippen molar-refractivity contribution in [2.75, 3.05) is 25.9 Å². The van der Waals surface area contributed by atoms with Crippen LogP contribution in [0.3, 0.4) is 0 Å². The standard InChI is InChI=1S/C16H21N3O/c1-19-9-3-2-4-13(19)11-20-15-6-5-12-10-18-8-7-14(12)16(15)17/h5-8,10,13H,2-4,9,11,17H2,1H3. The summed E-state index contributed by atoms with van der Waals surface area (Å²) in [6.07, 6.45) is 7.37. The summed E-state index contributed by atoms with van der Waals surface area (Å²) in [5.74, 6) is 0.780. The number of nitrogens with two attached hydrogens (primary N) is 1. The minimum atomic E-state index is 0.497. The molecule has 0 saturated carbocycles. The summed E-state index contributed by atoms with van der Waals surface area (Å²) in [4.78, 5) is 6.49. The van der Waals surface area contributed by atoms with Gasteiger partial charge >= 0.3 is 0 Å². The number of benzene rings is 1. The number of anilines is 1. The van der Waals surface area contributed by atoms with Gasteiger partial charge in [-0.2, -0.15) is 0 Å². The summed E-state index contributed by atoms with van der Waals surface area (Å²) in [5, 5.41) is 2.06. The molecule has 0 radical (unpaired) electrons. The second-order valence-electron chi connectivity index (χ2n) is 5.52. The highest BCUT2D eigenvalue weighted by atomic mass is 16.5. The molecule has 0 aliphatic carbocycles. The molecule has 2 aromatic rings. The first-order valence-electron chi connectivity index (χ1n) is 7.21. The first kappa shape index (κ1) is 13.2. The Hall–Kier alpha value is -1.81. The number of likely N-dealkylation sites (N-methyl/N-ethyl adjacent to an activating group) is 1. The lowest BCUT2D eigenvalue weighted by Crippen LogP contribution is -2.40. The molecule has 2 N–H and O–H groups in total. The number of ether oxygens (including phenoxy) is 1. The molecule has 1 aliphatic rings. The molecule has 0 spiro atoms. The molecule has 3 rings (SSSR count). The Balaban J connectivity index is 1.75. The van der Waals surface area contributed by atoms with E-state index < -0.39 is 0 Å². The Morgan fingerprint density at radius 2 is 2.25 bits per heavy atom. The third kappa shape index (κ3) is 2.56. The summed E-state index contributed by atoms with van der Waals surface area (Å²) in [6.45, 7) is 1.87. The number of fused-ring (bicyclic) bond motifs is 1. The fourth-order valence-corrected chi connectivity index (χ4v) is 2.84. The lowest BCUT2D eigenvalue weighted by Gasteiger charge is -2.32. The molecule has 4 heteroatoms. The van der Waals surface area contributed by atoms with Gasteiger partial charge in [0.15, 0.2) is 0 Å². The Morgan fingerprint density at radius 3 is 3.10 bits per heavy atom. The van der Waals surface area contributed by atoms with Crippen molar-refractivity contribution in [2.45, 2.75) is 25.3 Å². The van der Waals surface area contributed by atoms with Gasteiger partial charge in [-0.15, -0.1) is 0 Å². The normalized spacial score (nSPS) is 20.1. The summed E-state index contributed by atoms with van der Waals surface area (Å²) >= 11 is 0. The van der Waals surface area contributed by atoms with Crippen LogP contribution in [0.25, 0.3) is 10.8 Å². The topological polar surface area (TPSA) is 51.4 Å². The van der Waals surface area contributed by atoms with E-state index in [-0.39, 0.29) is 0 Å². The number of nitrogen functional groups attached to an aromatic ring is 1.